The van der Waals surface area contributed by atoms with Crippen LogP contribution in [-0.2, 0) is 12.4 Å². The van der Waals surface area contributed by atoms with Crippen molar-refractivity contribution in [3.63, 3.8) is 0 Å². The third-order valence-corrected chi connectivity index (χ3v) is 4.43. The van der Waals surface area contributed by atoms with Crippen LogP contribution in [0.15, 0.2) is 24.4 Å². The topological polar surface area (TPSA) is 42.0 Å². The molecule has 0 aliphatic carbocycles. The summed E-state index contributed by atoms with van der Waals surface area (Å²) in [4.78, 5) is 16.7. The fourth-order valence-corrected chi connectivity index (χ4v) is 2.85. The molecule has 2 aromatic rings. The van der Waals surface area contributed by atoms with Crippen molar-refractivity contribution in [2.24, 2.45) is 0 Å². The van der Waals surface area contributed by atoms with Crippen LogP contribution in [0.25, 0.3) is 0 Å². The first-order chi connectivity index (χ1) is 11.4. The van der Waals surface area contributed by atoms with Gasteiger partial charge in [-0.25, -0.2) is 4.98 Å². The Hall–Kier alpha value is -2.10. The molecule has 136 valence electrons. The van der Waals surface area contributed by atoms with Crippen molar-refractivity contribution in [3.05, 3.63) is 46.0 Å². The summed E-state index contributed by atoms with van der Waals surface area (Å²) in [6, 6.07) is 1.49. The molecule has 1 aromatic carbocycles. The molecule has 10 heteroatoms. The van der Waals surface area contributed by atoms with Crippen LogP contribution in [0, 0.1) is 0 Å². The summed E-state index contributed by atoms with van der Waals surface area (Å²) < 4.78 is 78.4. The van der Waals surface area contributed by atoms with Gasteiger partial charge in [0.15, 0.2) is 5.13 Å². The number of aromatic nitrogens is 1. The maximum Gasteiger partial charge on any atom is 0.417 e. The van der Waals surface area contributed by atoms with E-state index in [4.69, 9.17) is 0 Å². The first-order valence-corrected chi connectivity index (χ1v) is 7.77. The van der Waals surface area contributed by atoms with Crippen LogP contribution in [0.2, 0.25) is 0 Å². The Morgan fingerprint density at radius 1 is 1.08 bits per heavy atom. The van der Waals surface area contributed by atoms with Gasteiger partial charge < -0.3 is 0 Å². The van der Waals surface area contributed by atoms with Crippen molar-refractivity contribution in [3.8, 4) is 0 Å². The molecular formula is C15H12F6N2OS. The molecule has 0 atom stereocenters. The lowest BCUT2D eigenvalue weighted by Gasteiger charge is -2.17. The molecule has 2 rings (SSSR count). The van der Waals surface area contributed by atoms with Gasteiger partial charge in [-0.3, -0.25) is 10.1 Å². The van der Waals surface area contributed by atoms with Crippen molar-refractivity contribution in [1.82, 2.24) is 4.98 Å². The second-order valence-electron chi connectivity index (χ2n) is 5.40. The van der Waals surface area contributed by atoms with Gasteiger partial charge in [0.25, 0.3) is 5.91 Å². The molecule has 1 amide bonds. The number of benzene rings is 1. The molecule has 0 aliphatic heterocycles. The van der Waals surface area contributed by atoms with Crippen LogP contribution in [-0.4, -0.2) is 10.9 Å². The minimum absolute atomic E-state index is 0.0522. The molecule has 0 saturated heterocycles. The van der Waals surface area contributed by atoms with Gasteiger partial charge in [-0.05, 0) is 18.1 Å². The standard InChI is InChI=1S/C15H12F6N2OS/c1-7(2)10-6-22-13(25-10)23-12(24)11-8(14(16,17)18)4-3-5-9(11)15(19,20)21/h3-7H,1-2H3,(H,22,23,24). The Kier molecular flexibility index (Phi) is 5.12. The predicted molar refractivity (Wildman–Crippen MR) is 80.6 cm³/mol. The molecule has 0 radical (unpaired) electrons. The Labute approximate surface area is 142 Å². The summed E-state index contributed by atoms with van der Waals surface area (Å²) in [5.74, 6) is -1.46. The van der Waals surface area contributed by atoms with Crippen molar-refractivity contribution in [1.29, 1.82) is 0 Å². The van der Waals surface area contributed by atoms with Crippen LogP contribution >= 0.6 is 11.3 Å². The van der Waals surface area contributed by atoms with E-state index in [1.54, 1.807) is 0 Å². The van der Waals surface area contributed by atoms with E-state index in [-0.39, 0.29) is 11.0 Å². The lowest BCUT2D eigenvalue weighted by atomic mass is 9.99. The molecule has 0 fully saturated rings. The lowest BCUT2D eigenvalue weighted by molar-refractivity contribution is -0.143. The van der Waals surface area contributed by atoms with Crippen LogP contribution in [0.1, 0.15) is 46.1 Å². The van der Waals surface area contributed by atoms with E-state index in [2.05, 4.69) is 4.98 Å². The van der Waals surface area contributed by atoms with Gasteiger partial charge in [0.05, 0.1) is 16.7 Å². The van der Waals surface area contributed by atoms with Crippen molar-refractivity contribution < 1.29 is 31.1 Å². The molecular weight excluding hydrogens is 370 g/mol. The number of alkyl halides is 6. The minimum Gasteiger partial charge on any atom is -0.298 e. The number of carbonyl (C=O) groups excluding carboxylic acids is 1. The maximum absolute atomic E-state index is 13.1. The third-order valence-electron chi connectivity index (χ3n) is 3.22. The molecule has 1 heterocycles. The molecule has 0 saturated carbocycles. The van der Waals surface area contributed by atoms with Crippen molar-refractivity contribution in [2.75, 3.05) is 5.32 Å². The van der Waals surface area contributed by atoms with E-state index < -0.39 is 35.0 Å². The number of rotatable bonds is 3. The van der Waals surface area contributed by atoms with E-state index in [1.165, 1.54) is 6.20 Å². The summed E-state index contributed by atoms with van der Waals surface area (Å²) >= 11 is 0.985. The summed E-state index contributed by atoms with van der Waals surface area (Å²) in [7, 11) is 0. The van der Waals surface area contributed by atoms with Crippen LogP contribution in [0.4, 0.5) is 31.5 Å². The molecule has 1 aromatic heterocycles. The number of carbonyl (C=O) groups is 1. The highest BCUT2D eigenvalue weighted by molar-refractivity contribution is 7.15. The van der Waals surface area contributed by atoms with Gasteiger partial charge in [0.2, 0.25) is 0 Å². The molecule has 0 bridgehead atoms. The molecule has 3 nitrogen and oxygen atoms in total. The summed E-state index contributed by atoms with van der Waals surface area (Å²) in [5, 5.41) is 1.96. The van der Waals surface area contributed by atoms with Gasteiger partial charge in [-0.2, -0.15) is 26.3 Å². The van der Waals surface area contributed by atoms with Crippen LogP contribution in [0.3, 0.4) is 0 Å². The summed E-state index contributed by atoms with van der Waals surface area (Å²) in [5.41, 5.74) is -4.77. The van der Waals surface area contributed by atoms with Gasteiger partial charge in [-0.15, -0.1) is 11.3 Å². The number of hydrogen-bond donors (Lipinski definition) is 1. The summed E-state index contributed by atoms with van der Waals surface area (Å²) in [6.07, 6.45) is -8.81. The van der Waals surface area contributed by atoms with Gasteiger partial charge >= 0.3 is 12.4 Å². The van der Waals surface area contributed by atoms with E-state index in [9.17, 15) is 31.1 Å². The fraction of sp³-hybridized carbons (Fsp3) is 0.333. The second kappa shape index (κ2) is 6.66. The average Bonchev–Trinajstić information content (AvgIpc) is 2.93. The fourth-order valence-electron chi connectivity index (χ4n) is 2.04. The highest BCUT2D eigenvalue weighted by Crippen LogP contribution is 2.39. The van der Waals surface area contributed by atoms with Crippen LogP contribution in [0.5, 0.6) is 0 Å². The van der Waals surface area contributed by atoms with Gasteiger partial charge in [-0.1, -0.05) is 19.9 Å². The predicted octanol–water partition coefficient (Wildman–Crippen LogP) is 5.56. The number of amides is 1. The van der Waals surface area contributed by atoms with E-state index in [1.807, 2.05) is 19.2 Å². The monoisotopic (exact) mass is 382 g/mol. The summed E-state index contributed by atoms with van der Waals surface area (Å²) in [6.45, 7) is 3.67. The average molecular weight is 382 g/mol. The Bertz CT molecular complexity index is 747. The SMILES string of the molecule is CC(C)c1cnc(NC(=O)c2c(C(F)(F)F)cccc2C(F)(F)F)s1. The van der Waals surface area contributed by atoms with Crippen molar-refractivity contribution >= 4 is 22.4 Å². The van der Waals surface area contributed by atoms with Gasteiger partial charge in [0.1, 0.15) is 0 Å². The number of nitrogens with one attached hydrogen (secondary N) is 1. The largest absolute Gasteiger partial charge is 0.417 e. The first-order valence-electron chi connectivity index (χ1n) is 6.95. The third kappa shape index (κ3) is 4.30. The lowest BCUT2D eigenvalue weighted by Crippen LogP contribution is -2.24. The number of hydrogen-bond acceptors (Lipinski definition) is 3. The zero-order valence-corrected chi connectivity index (χ0v) is 13.7. The van der Waals surface area contributed by atoms with Gasteiger partial charge in [0, 0.05) is 11.1 Å². The number of thiazole rings is 1. The maximum atomic E-state index is 13.1. The smallest absolute Gasteiger partial charge is 0.298 e. The molecule has 1 N–H and O–H groups in total. The van der Waals surface area contributed by atoms with E-state index in [0.29, 0.717) is 18.2 Å². The molecule has 25 heavy (non-hydrogen) atoms. The van der Waals surface area contributed by atoms with E-state index >= 15 is 0 Å². The number of anilines is 1. The Morgan fingerprint density at radius 2 is 1.60 bits per heavy atom. The molecule has 0 unspecified atom stereocenters. The number of nitrogens with zero attached hydrogens (tertiary/aromatic N) is 1. The quantitative estimate of drug-likeness (QED) is 0.707. The van der Waals surface area contributed by atoms with Crippen molar-refractivity contribution in [2.45, 2.75) is 32.1 Å². The molecule has 0 aliphatic rings. The highest BCUT2D eigenvalue weighted by atomic mass is 32.1. The highest BCUT2D eigenvalue weighted by Gasteiger charge is 2.42. The molecule has 0 spiro atoms. The van der Waals surface area contributed by atoms with E-state index in [0.717, 1.165) is 16.2 Å². The zero-order chi connectivity index (χ0) is 19.0. The zero-order valence-electron chi connectivity index (χ0n) is 12.9. The Balaban J connectivity index is 2.49. The second-order valence-corrected chi connectivity index (χ2v) is 6.46. The van der Waals surface area contributed by atoms with Crippen LogP contribution < -0.4 is 5.32 Å². The number of halogens is 6. The minimum atomic E-state index is -5.11. The first kappa shape index (κ1) is 19.2. The Morgan fingerprint density at radius 3 is 2.00 bits per heavy atom. The normalized spacial score (nSPS) is 12.5.